The summed E-state index contributed by atoms with van der Waals surface area (Å²) >= 11 is 0. The number of furan rings is 1. The maximum Gasteiger partial charge on any atom is 0.251 e. The zero-order chi connectivity index (χ0) is 21.7. The van der Waals surface area contributed by atoms with Crippen molar-refractivity contribution in [3.05, 3.63) is 77.9 Å². The maximum absolute atomic E-state index is 12.4. The number of sulfonamides is 1. The Labute approximate surface area is 180 Å². The van der Waals surface area contributed by atoms with Crippen LogP contribution in [0.25, 0.3) is 0 Å². The fourth-order valence-electron chi connectivity index (χ4n) is 2.82. The Balaban J connectivity index is 1.28. The molecule has 2 N–H and O–H groups in total. The van der Waals surface area contributed by atoms with Gasteiger partial charge in [-0.1, -0.05) is 6.07 Å². The van der Waals surface area contributed by atoms with E-state index in [0.717, 1.165) is 5.56 Å². The molecule has 0 saturated heterocycles. The van der Waals surface area contributed by atoms with E-state index in [0.29, 0.717) is 36.3 Å². The topological polar surface area (TPSA) is 111 Å². The molecule has 1 aliphatic carbocycles. The molecule has 1 saturated carbocycles. The molecule has 9 heteroatoms. The molecule has 4 rings (SSSR count). The molecule has 31 heavy (non-hydrogen) atoms. The normalized spacial score (nSPS) is 13.7. The molecule has 8 nitrogen and oxygen atoms in total. The van der Waals surface area contributed by atoms with Crippen LogP contribution in [0.15, 0.2) is 70.3 Å². The summed E-state index contributed by atoms with van der Waals surface area (Å²) < 4.78 is 37.9. The third kappa shape index (κ3) is 5.93. The standard InChI is InChI=1S/C22H23N3O5S/c26-22(24-13-17-5-10-21(23-12-17)30-15-16-3-4-16)18-6-8-20(9-7-18)31(27,28)25-14-19-2-1-11-29-19/h1-2,5-12,16,25H,3-4,13-15H2,(H,24,26). The van der Waals surface area contributed by atoms with Crippen LogP contribution in [0.5, 0.6) is 5.88 Å². The van der Waals surface area contributed by atoms with Crippen molar-refractivity contribution in [1.82, 2.24) is 15.0 Å². The first-order valence-electron chi connectivity index (χ1n) is 9.98. The van der Waals surface area contributed by atoms with Gasteiger partial charge in [0, 0.05) is 24.4 Å². The van der Waals surface area contributed by atoms with Crippen LogP contribution in [0, 0.1) is 5.92 Å². The molecule has 0 radical (unpaired) electrons. The third-order valence-corrected chi connectivity index (χ3v) is 6.27. The zero-order valence-corrected chi connectivity index (χ0v) is 17.6. The summed E-state index contributed by atoms with van der Waals surface area (Å²) in [5, 5.41) is 2.80. The molecule has 0 aliphatic heterocycles. The fraction of sp³-hybridized carbons (Fsp3) is 0.273. The highest BCUT2D eigenvalue weighted by molar-refractivity contribution is 7.89. The lowest BCUT2D eigenvalue weighted by atomic mass is 10.2. The van der Waals surface area contributed by atoms with E-state index in [1.807, 2.05) is 6.07 Å². The summed E-state index contributed by atoms with van der Waals surface area (Å²) in [7, 11) is -3.71. The average Bonchev–Trinajstić information content (AvgIpc) is 3.47. The van der Waals surface area contributed by atoms with E-state index < -0.39 is 10.0 Å². The molecule has 0 unspecified atom stereocenters. The van der Waals surface area contributed by atoms with Gasteiger partial charge in [-0.3, -0.25) is 4.79 Å². The molecule has 1 aromatic carbocycles. The number of pyridine rings is 1. The van der Waals surface area contributed by atoms with Gasteiger partial charge in [0.05, 0.1) is 24.3 Å². The predicted octanol–water partition coefficient (Wildman–Crippen LogP) is 2.87. The van der Waals surface area contributed by atoms with Crippen molar-refractivity contribution in [2.24, 2.45) is 5.92 Å². The van der Waals surface area contributed by atoms with Gasteiger partial charge >= 0.3 is 0 Å². The Morgan fingerprint density at radius 1 is 1.10 bits per heavy atom. The second-order valence-corrected chi connectivity index (χ2v) is 9.14. The Hall–Kier alpha value is -3.17. The Morgan fingerprint density at radius 2 is 1.90 bits per heavy atom. The molecule has 1 aliphatic rings. The largest absolute Gasteiger partial charge is 0.477 e. The molecule has 1 fully saturated rings. The molecule has 1 amide bonds. The first-order valence-corrected chi connectivity index (χ1v) is 11.5. The average molecular weight is 442 g/mol. The van der Waals surface area contributed by atoms with E-state index in [1.54, 1.807) is 24.4 Å². The number of rotatable bonds is 10. The third-order valence-electron chi connectivity index (χ3n) is 4.86. The molecule has 3 aromatic rings. The number of carbonyl (C=O) groups excluding carboxylic acids is 1. The highest BCUT2D eigenvalue weighted by Crippen LogP contribution is 2.29. The number of ether oxygens (including phenoxy) is 1. The lowest BCUT2D eigenvalue weighted by molar-refractivity contribution is 0.0950. The van der Waals surface area contributed by atoms with E-state index in [9.17, 15) is 13.2 Å². The fourth-order valence-corrected chi connectivity index (χ4v) is 3.81. The van der Waals surface area contributed by atoms with Crippen LogP contribution in [-0.4, -0.2) is 25.9 Å². The quantitative estimate of drug-likeness (QED) is 0.501. The van der Waals surface area contributed by atoms with Crippen LogP contribution in [0.1, 0.15) is 34.5 Å². The molecule has 2 aromatic heterocycles. The SMILES string of the molecule is O=C(NCc1ccc(OCC2CC2)nc1)c1ccc(S(=O)(=O)NCc2ccco2)cc1. The summed E-state index contributed by atoms with van der Waals surface area (Å²) in [4.78, 5) is 16.7. The van der Waals surface area contributed by atoms with Gasteiger partial charge in [0.15, 0.2) is 0 Å². The van der Waals surface area contributed by atoms with E-state index in [4.69, 9.17) is 9.15 Å². The maximum atomic E-state index is 12.4. The van der Waals surface area contributed by atoms with Crippen molar-refractivity contribution < 1.29 is 22.4 Å². The summed E-state index contributed by atoms with van der Waals surface area (Å²) in [5.41, 5.74) is 1.20. The smallest absolute Gasteiger partial charge is 0.251 e. The number of nitrogens with zero attached hydrogens (tertiary/aromatic N) is 1. The number of benzene rings is 1. The number of carbonyl (C=O) groups is 1. The monoisotopic (exact) mass is 441 g/mol. The zero-order valence-electron chi connectivity index (χ0n) is 16.8. The van der Waals surface area contributed by atoms with Gasteiger partial charge in [-0.2, -0.15) is 0 Å². The van der Waals surface area contributed by atoms with Gasteiger partial charge in [0.1, 0.15) is 5.76 Å². The Kier molecular flexibility index (Phi) is 6.34. The Bertz CT molecular complexity index is 1110. The van der Waals surface area contributed by atoms with Crippen LogP contribution in [0.2, 0.25) is 0 Å². The summed E-state index contributed by atoms with van der Waals surface area (Å²) in [5.74, 6) is 1.45. The molecule has 0 atom stereocenters. The minimum Gasteiger partial charge on any atom is -0.477 e. The molecular weight excluding hydrogens is 418 g/mol. The van der Waals surface area contributed by atoms with Crippen LogP contribution < -0.4 is 14.8 Å². The molecule has 2 heterocycles. The van der Waals surface area contributed by atoms with Crippen LogP contribution in [0.4, 0.5) is 0 Å². The van der Waals surface area contributed by atoms with Crippen molar-refractivity contribution in [3.63, 3.8) is 0 Å². The van der Waals surface area contributed by atoms with E-state index in [-0.39, 0.29) is 17.3 Å². The van der Waals surface area contributed by atoms with Crippen LogP contribution >= 0.6 is 0 Å². The molecule has 0 bridgehead atoms. The first kappa shape index (κ1) is 21.1. The number of hydrogen-bond donors (Lipinski definition) is 2. The minimum absolute atomic E-state index is 0.0516. The van der Waals surface area contributed by atoms with Crippen LogP contribution in [0.3, 0.4) is 0 Å². The number of hydrogen-bond acceptors (Lipinski definition) is 6. The van der Waals surface area contributed by atoms with Crippen LogP contribution in [-0.2, 0) is 23.1 Å². The lowest BCUT2D eigenvalue weighted by Crippen LogP contribution is -2.24. The van der Waals surface area contributed by atoms with E-state index >= 15 is 0 Å². The van der Waals surface area contributed by atoms with Crippen molar-refractivity contribution in [2.45, 2.75) is 30.8 Å². The van der Waals surface area contributed by atoms with Crippen molar-refractivity contribution in [3.8, 4) is 5.88 Å². The van der Waals surface area contributed by atoms with Gasteiger partial charge in [0.25, 0.3) is 5.91 Å². The van der Waals surface area contributed by atoms with Gasteiger partial charge in [-0.25, -0.2) is 18.1 Å². The van der Waals surface area contributed by atoms with Gasteiger partial charge in [0.2, 0.25) is 15.9 Å². The minimum atomic E-state index is -3.71. The molecular formula is C22H23N3O5S. The second-order valence-electron chi connectivity index (χ2n) is 7.37. The molecule has 0 spiro atoms. The van der Waals surface area contributed by atoms with E-state index in [1.165, 1.54) is 43.4 Å². The second kappa shape index (κ2) is 9.32. The van der Waals surface area contributed by atoms with E-state index in [2.05, 4.69) is 15.0 Å². The number of amides is 1. The summed E-state index contributed by atoms with van der Waals surface area (Å²) in [6.45, 7) is 1.06. The predicted molar refractivity (Wildman–Crippen MR) is 113 cm³/mol. The summed E-state index contributed by atoms with van der Waals surface area (Å²) in [6.07, 6.45) is 5.59. The van der Waals surface area contributed by atoms with Crippen molar-refractivity contribution in [2.75, 3.05) is 6.61 Å². The summed E-state index contributed by atoms with van der Waals surface area (Å²) in [6, 6.07) is 12.8. The number of aromatic nitrogens is 1. The highest BCUT2D eigenvalue weighted by Gasteiger charge is 2.22. The lowest BCUT2D eigenvalue weighted by Gasteiger charge is -2.08. The van der Waals surface area contributed by atoms with Gasteiger partial charge in [-0.15, -0.1) is 0 Å². The first-order chi connectivity index (χ1) is 15.0. The number of nitrogens with one attached hydrogen (secondary N) is 2. The molecule has 162 valence electrons. The Morgan fingerprint density at radius 3 is 2.55 bits per heavy atom. The van der Waals surface area contributed by atoms with Gasteiger partial charge < -0.3 is 14.5 Å². The van der Waals surface area contributed by atoms with Crippen molar-refractivity contribution in [1.29, 1.82) is 0 Å². The highest BCUT2D eigenvalue weighted by atomic mass is 32.2. The van der Waals surface area contributed by atoms with Crippen molar-refractivity contribution >= 4 is 15.9 Å². The van der Waals surface area contributed by atoms with Gasteiger partial charge in [-0.05, 0) is 60.7 Å².